The molecule has 9 atom stereocenters. The number of aliphatic hydroxyl groups is 2. The molecule has 4 saturated carbocycles. The van der Waals surface area contributed by atoms with Crippen molar-refractivity contribution < 1.29 is 19.4 Å². The van der Waals surface area contributed by atoms with E-state index in [1.807, 2.05) is 0 Å². The van der Waals surface area contributed by atoms with Gasteiger partial charge in [0.05, 0.1) is 6.10 Å². The summed E-state index contributed by atoms with van der Waals surface area (Å²) in [5.41, 5.74) is -1.84. The van der Waals surface area contributed by atoms with Crippen LogP contribution < -0.4 is 0 Å². The first-order chi connectivity index (χ1) is 11.6. The van der Waals surface area contributed by atoms with E-state index in [1.165, 1.54) is 0 Å². The molecule has 25 heavy (non-hydrogen) atoms. The molecule has 4 aliphatic carbocycles. The molecule has 4 heteroatoms. The Kier molecular flexibility index (Phi) is 3.95. The van der Waals surface area contributed by atoms with Gasteiger partial charge in [0.1, 0.15) is 17.6 Å². The number of hydrogen-bond donors (Lipinski definition) is 2. The standard InChI is InChI=1S/C21H33FO3/c1-12(23)15-4-5-16-14-10-18(22)21(25)11-13(24)6-9-20(21,3)17(14)7-8-19(15,16)2/h13-18,24-25H,4-11H2,1-3H3/t13?,14?,15?,16?,17?,18?,19?,20?,21-/m0/s1. The van der Waals surface area contributed by atoms with Crippen LogP contribution in [0.15, 0.2) is 0 Å². The first-order valence-corrected chi connectivity index (χ1v) is 10.2. The van der Waals surface area contributed by atoms with Gasteiger partial charge in [-0.15, -0.1) is 0 Å². The Morgan fingerprint density at radius 1 is 1.08 bits per heavy atom. The van der Waals surface area contributed by atoms with Crippen LogP contribution >= 0.6 is 0 Å². The van der Waals surface area contributed by atoms with E-state index in [-0.39, 0.29) is 23.7 Å². The topological polar surface area (TPSA) is 57.5 Å². The van der Waals surface area contributed by atoms with Gasteiger partial charge < -0.3 is 10.2 Å². The van der Waals surface area contributed by atoms with Crippen LogP contribution in [0.2, 0.25) is 0 Å². The van der Waals surface area contributed by atoms with Gasteiger partial charge in [-0.05, 0) is 75.0 Å². The van der Waals surface area contributed by atoms with E-state index in [1.54, 1.807) is 6.92 Å². The molecule has 0 spiro atoms. The monoisotopic (exact) mass is 352 g/mol. The summed E-state index contributed by atoms with van der Waals surface area (Å²) in [4.78, 5) is 12.2. The van der Waals surface area contributed by atoms with Crippen molar-refractivity contribution in [1.29, 1.82) is 0 Å². The summed E-state index contributed by atoms with van der Waals surface area (Å²) in [6.07, 6.45) is 4.01. The average molecular weight is 352 g/mol. The molecule has 0 heterocycles. The van der Waals surface area contributed by atoms with Crippen molar-refractivity contribution in [3.8, 4) is 0 Å². The van der Waals surface area contributed by atoms with Gasteiger partial charge in [-0.3, -0.25) is 4.79 Å². The maximum atomic E-state index is 15.3. The molecule has 0 amide bonds. The third-order valence-corrected chi connectivity index (χ3v) is 9.28. The van der Waals surface area contributed by atoms with Gasteiger partial charge in [-0.25, -0.2) is 4.39 Å². The third kappa shape index (κ3) is 2.19. The summed E-state index contributed by atoms with van der Waals surface area (Å²) < 4.78 is 15.3. The molecular formula is C21H33FO3. The Labute approximate surface area is 150 Å². The molecule has 3 nitrogen and oxygen atoms in total. The fourth-order valence-electron chi connectivity index (χ4n) is 7.88. The van der Waals surface area contributed by atoms with Crippen molar-refractivity contribution in [2.75, 3.05) is 0 Å². The van der Waals surface area contributed by atoms with Crippen molar-refractivity contribution in [3.63, 3.8) is 0 Å². The Morgan fingerprint density at radius 3 is 2.48 bits per heavy atom. The van der Waals surface area contributed by atoms with E-state index >= 15 is 4.39 Å². The Hall–Kier alpha value is -0.480. The van der Waals surface area contributed by atoms with Gasteiger partial charge >= 0.3 is 0 Å². The third-order valence-electron chi connectivity index (χ3n) is 9.28. The molecule has 0 aromatic rings. The van der Waals surface area contributed by atoms with Crippen molar-refractivity contribution >= 4 is 5.78 Å². The molecule has 0 aliphatic heterocycles. The zero-order valence-corrected chi connectivity index (χ0v) is 15.8. The lowest BCUT2D eigenvalue weighted by Gasteiger charge is -2.64. The average Bonchev–Trinajstić information content (AvgIpc) is 2.88. The molecule has 4 aliphatic rings. The highest BCUT2D eigenvalue weighted by atomic mass is 19.1. The van der Waals surface area contributed by atoms with E-state index in [0.717, 1.165) is 25.7 Å². The van der Waals surface area contributed by atoms with Crippen molar-refractivity contribution in [2.24, 2.45) is 34.5 Å². The summed E-state index contributed by atoms with van der Waals surface area (Å²) in [5.74, 6) is 1.38. The molecule has 142 valence electrons. The van der Waals surface area contributed by atoms with Crippen LogP contribution in [0.5, 0.6) is 0 Å². The molecular weight excluding hydrogens is 319 g/mol. The second-order valence-corrected chi connectivity index (χ2v) is 10.1. The van der Waals surface area contributed by atoms with Crippen LogP contribution in [-0.4, -0.2) is 33.9 Å². The molecule has 0 bridgehead atoms. The number of carbonyl (C=O) groups excluding carboxylic acids is 1. The molecule has 0 radical (unpaired) electrons. The summed E-state index contributed by atoms with van der Waals surface area (Å²) in [6.45, 7) is 6.04. The summed E-state index contributed by atoms with van der Waals surface area (Å²) >= 11 is 0. The summed E-state index contributed by atoms with van der Waals surface area (Å²) in [6, 6.07) is 0. The predicted molar refractivity (Wildman–Crippen MR) is 93.6 cm³/mol. The highest BCUT2D eigenvalue weighted by molar-refractivity contribution is 5.79. The number of Topliss-reactive ketones (excluding diaryl/α,β-unsaturated/α-hetero) is 1. The maximum absolute atomic E-state index is 15.3. The maximum Gasteiger partial charge on any atom is 0.133 e. The van der Waals surface area contributed by atoms with E-state index in [4.69, 9.17) is 0 Å². The van der Waals surface area contributed by atoms with Crippen LogP contribution in [0, 0.1) is 34.5 Å². The quantitative estimate of drug-likeness (QED) is 0.757. The zero-order valence-electron chi connectivity index (χ0n) is 15.8. The number of aliphatic hydroxyl groups excluding tert-OH is 1. The lowest BCUT2D eigenvalue weighted by Crippen LogP contribution is -2.67. The minimum atomic E-state index is -1.39. The van der Waals surface area contributed by atoms with Gasteiger partial charge in [0.25, 0.3) is 0 Å². The normalized spacial score (nSPS) is 58.2. The number of carbonyl (C=O) groups is 1. The van der Waals surface area contributed by atoms with E-state index in [0.29, 0.717) is 36.9 Å². The fraction of sp³-hybridized carbons (Fsp3) is 0.952. The van der Waals surface area contributed by atoms with Crippen LogP contribution in [0.3, 0.4) is 0 Å². The Bertz CT molecular complexity index is 579. The largest absolute Gasteiger partial charge is 0.393 e. The molecule has 4 fully saturated rings. The number of fused-ring (bicyclic) bond motifs is 5. The smallest absolute Gasteiger partial charge is 0.133 e. The lowest BCUT2D eigenvalue weighted by atomic mass is 9.42. The number of hydrogen-bond acceptors (Lipinski definition) is 3. The predicted octanol–water partition coefficient (Wildman–Crippen LogP) is 3.66. The minimum Gasteiger partial charge on any atom is -0.393 e. The van der Waals surface area contributed by atoms with Crippen molar-refractivity contribution in [1.82, 2.24) is 0 Å². The Balaban J connectivity index is 1.69. The molecule has 2 N–H and O–H groups in total. The second-order valence-electron chi connectivity index (χ2n) is 10.1. The first-order valence-electron chi connectivity index (χ1n) is 10.2. The van der Waals surface area contributed by atoms with Gasteiger partial charge in [-0.2, -0.15) is 0 Å². The molecule has 4 rings (SSSR count). The van der Waals surface area contributed by atoms with Crippen LogP contribution in [-0.2, 0) is 4.79 Å². The van der Waals surface area contributed by atoms with Crippen LogP contribution in [0.4, 0.5) is 4.39 Å². The van der Waals surface area contributed by atoms with Gasteiger partial charge in [0.2, 0.25) is 0 Å². The fourth-order valence-corrected chi connectivity index (χ4v) is 7.88. The van der Waals surface area contributed by atoms with E-state index in [2.05, 4.69) is 13.8 Å². The zero-order chi connectivity index (χ0) is 18.2. The molecule has 0 aromatic heterocycles. The first kappa shape index (κ1) is 17.9. The highest BCUT2D eigenvalue weighted by Gasteiger charge is 2.68. The van der Waals surface area contributed by atoms with Gasteiger partial charge in [0.15, 0.2) is 0 Å². The molecule has 0 saturated heterocycles. The minimum absolute atomic E-state index is 0.00666. The number of rotatable bonds is 1. The van der Waals surface area contributed by atoms with Crippen molar-refractivity contribution in [3.05, 3.63) is 0 Å². The number of ketones is 1. The highest BCUT2D eigenvalue weighted by Crippen LogP contribution is 2.68. The van der Waals surface area contributed by atoms with Crippen molar-refractivity contribution in [2.45, 2.75) is 90.0 Å². The number of alkyl halides is 1. The van der Waals surface area contributed by atoms with Gasteiger partial charge in [0, 0.05) is 17.8 Å². The number of halogens is 1. The van der Waals surface area contributed by atoms with Crippen LogP contribution in [0.25, 0.3) is 0 Å². The van der Waals surface area contributed by atoms with E-state index in [9.17, 15) is 15.0 Å². The molecule has 8 unspecified atom stereocenters. The summed E-state index contributed by atoms with van der Waals surface area (Å²) in [7, 11) is 0. The Morgan fingerprint density at radius 2 is 1.80 bits per heavy atom. The second kappa shape index (κ2) is 5.51. The van der Waals surface area contributed by atoms with Crippen LogP contribution in [0.1, 0.15) is 72.1 Å². The van der Waals surface area contributed by atoms with Gasteiger partial charge in [-0.1, -0.05) is 13.8 Å². The lowest BCUT2D eigenvalue weighted by molar-refractivity contribution is -0.249. The van der Waals surface area contributed by atoms with E-state index < -0.39 is 23.3 Å². The molecule has 0 aromatic carbocycles. The summed E-state index contributed by atoms with van der Waals surface area (Å²) in [5, 5.41) is 21.3. The SMILES string of the molecule is CC(=O)C1CCC2C3CC(F)[C@@]4(O)CC(O)CCC4(C)C3CCC12C.